The van der Waals surface area contributed by atoms with Crippen molar-refractivity contribution in [2.24, 2.45) is 0 Å². The predicted octanol–water partition coefficient (Wildman–Crippen LogP) is 5.71. The first kappa shape index (κ1) is 15.1. The van der Waals surface area contributed by atoms with E-state index in [9.17, 15) is 0 Å². The lowest BCUT2D eigenvalue weighted by atomic mass is 10.00. The number of aryl methyl sites for hydroxylation is 1. The highest BCUT2D eigenvalue weighted by molar-refractivity contribution is 5.71. The Hall–Kier alpha value is -2.78. The molecule has 0 aliphatic carbocycles. The van der Waals surface area contributed by atoms with Gasteiger partial charge in [0, 0.05) is 11.1 Å². The molecular weight excluding hydrogens is 276 g/mol. The molecule has 0 heteroatoms. The van der Waals surface area contributed by atoms with Gasteiger partial charge in [-0.2, -0.15) is 0 Å². The first-order chi connectivity index (χ1) is 11.4. The van der Waals surface area contributed by atoms with Crippen molar-refractivity contribution in [1.29, 1.82) is 0 Å². The minimum absolute atomic E-state index is 1.06. The topological polar surface area (TPSA) is 0 Å². The zero-order valence-corrected chi connectivity index (χ0v) is 13.4. The van der Waals surface area contributed by atoms with Crippen LogP contribution in [-0.4, -0.2) is 0 Å². The molecule has 0 spiro atoms. The van der Waals surface area contributed by atoms with Gasteiger partial charge in [0.05, 0.1) is 0 Å². The second-order valence-corrected chi connectivity index (χ2v) is 5.61. The van der Waals surface area contributed by atoms with E-state index < -0.39 is 0 Å². The van der Waals surface area contributed by atoms with Gasteiger partial charge in [0.25, 0.3) is 0 Å². The summed E-state index contributed by atoms with van der Waals surface area (Å²) in [4.78, 5) is 0. The molecule has 0 aromatic heterocycles. The summed E-state index contributed by atoms with van der Waals surface area (Å²) in [5, 5.41) is 0. The van der Waals surface area contributed by atoms with Crippen LogP contribution >= 0.6 is 0 Å². The Balaban J connectivity index is 1.90. The highest BCUT2D eigenvalue weighted by atomic mass is 14.0. The quantitative estimate of drug-likeness (QED) is 0.543. The van der Waals surface area contributed by atoms with Gasteiger partial charge in [0.1, 0.15) is 0 Å². The molecule has 0 aliphatic heterocycles. The molecule has 112 valence electrons. The summed E-state index contributed by atoms with van der Waals surface area (Å²) in [5.74, 6) is 6.62. The van der Waals surface area contributed by atoms with Gasteiger partial charge in [-0.25, -0.2) is 0 Å². The average Bonchev–Trinajstić information content (AvgIpc) is 2.62. The van der Waals surface area contributed by atoms with Crippen LogP contribution in [0.4, 0.5) is 0 Å². The van der Waals surface area contributed by atoms with Crippen molar-refractivity contribution >= 4 is 0 Å². The van der Waals surface area contributed by atoms with E-state index in [0.717, 1.165) is 17.5 Å². The lowest BCUT2D eigenvalue weighted by Crippen LogP contribution is -1.85. The normalized spacial score (nSPS) is 9.96. The Labute approximate surface area is 138 Å². The van der Waals surface area contributed by atoms with E-state index >= 15 is 0 Å². The van der Waals surface area contributed by atoms with Crippen LogP contribution in [0.25, 0.3) is 11.1 Å². The van der Waals surface area contributed by atoms with Crippen molar-refractivity contribution < 1.29 is 0 Å². The highest BCUT2D eigenvalue weighted by Gasteiger charge is 2.01. The van der Waals surface area contributed by atoms with Crippen molar-refractivity contribution in [3.8, 4) is 23.0 Å². The summed E-state index contributed by atoms with van der Waals surface area (Å²) in [5.41, 5.74) is 5.89. The fraction of sp³-hybridized carbons (Fsp3) is 0.130. The summed E-state index contributed by atoms with van der Waals surface area (Å²) >= 11 is 0. The largest absolute Gasteiger partial charge is 0.0651 e. The molecule has 0 saturated heterocycles. The van der Waals surface area contributed by atoms with Crippen molar-refractivity contribution in [2.75, 3.05) is 0 Å². The van der Waals surface area contributed by atoms with Gasteiger partial charge in [-0.15, -0.1) is 0 Å². The van der Waals surface area contributed by atoms with Crippen molar-refractivity contribution in [3.63, 3.8) is 0 Å². The van der Waals surface area contributed by atoms with Crippen LogP contribution in [0.3, 0.4) is 0 Å². The fourth-order valence-corrected chi connectivity index (χ4v) is 2.64. The van der Waals surface area contributed by atoms with Crippen LogP contribution in [0.5, 0.6) is 0 Å². The molecule has 0 aliphatic rings. The molecule has 23 heavy (non-hydrogen) atoms. The second kappa shape index (κ2) is 7.47. The zero-order valence-electron chi connectivity index (χ0n) is 13.4. The number of hydrogen-bond donors (Lipinski definition) is 0. The van der Waals surface area contributed by atoms with Crippen molar-refractivity contribution in [1.82, 2.24) is 0 Å². The minimum Gasteiger partial charge on any atom is -0.0651 e. The molecule has 0 N–H and O–H groups in total. The molecule has 3 rings (SSSR count). The average molecular weight is 296 g/mol. The molecule has 0 radical (unpaired) electrons. The molecule has 0 bridgehead atoms. The van der Waals surface area contributed by atoms with E-state index in [1.54, 1.807) is 0 Å². The van der Waals surface area contributed by atoms with E-state index in [0.29, 0.717) is 0 Å². The SMILES string of the molecule is CCCc1ccc(C#Cc2ccccc2-c2ccccc2)cc1. The van der Waals surface area contributed by atoms with Crippen LogP contribution in [0.2, 0.25) is 0 Å². The molecule has 0 amide bonds. The van der Waals surface area contributed by atoms with E-state index in [4.69, 9.17) is 0 Å². The summed E-state index contributed by atoms with van der Waals surface area (Å²) < 4.78 is 0. The highest BCUT2D eigenvalue weighted by Crippen LogP contribution is 2.22. The summed E-state index contributed by atoms with van der Waals surface area (Å²) in [6, 6.07) is 27.3. The molecule has 3 aromatic carbocycles. The van der Waals surface area contributed by atoms with Crippen molar-refractivity contribution in [3.05, 3.63) is 95.6 Å². The third-order valence-electron chi connectivity index (χ3n) is 3.85. The monoisotopic (exact) mass is 296 g/mol. The van der Waals surface area contributed by atoms with E-state index in [1.807, 2.05) is 12.1 Å². The van der Waals surface area contributed by atoms with E-state index in [-0.39, 0.29) is 0 Å². The Morgan fingerprint density at radius 1 is 0.696 bits per heavy atom. The molecule has 3 aromatic rings. The minimum atomic E-state index is 1.06. The molecular formula is C23H20. The zero-order chi connectivity index (χ0) is 15.9. The molecule has 0 atom stereocenters. The van der Waals surface area contributed by atoms with Gasteiger partial charge < -0.3 is 0 Å². The van der Waals surface area contributed by atoms with Crippen LogP contribution in [0.1, 0.15) is 30.0 Å². The molecule has 0 heterocycles. The molecule has 0 unspecified atom stereocenters. The number of benzene rings is 3. The molecule has 0 saturated carbocycles. The molecule has 0 nitrogen and oxygen atoms in total. The van der Waals surface area contributed by atoms with Crippen molar-refractivity contribution in [2.45, 2.75) is 19.8 Å². The first-order valence-electron chi connectivity index (χ1n) is 8.12. The lowest BCUT2D eigenvalue weighted by Gasteiger charge is -2.04. The van der Waals surface area contributed by atoms with E-state index in [1.165, 1.54) is 23.1 Å². The van der Waals surface area contributed by atoms with Gasteiger partial charge in [0.2, 0.25) is 0 Å². The summed E-state index contributed by atoms with van der Waals surface area (Å²) in [7, 11) is 0. The van der Waals surface area contributed by atoms with Crippen LogP contribution in [0, 0.1) is 11.8 Å². The summed E-state index contributed by atoms with van der Waals surface area (Å²) in [6.45, 7) is 2.20. The van der Waals surface area contributed by atoms with Crippen LogP contribution < -0.4 is 0 Å². The Morgan fingerprint density at radius 2 is 1.39 bits per heavy atom. The molecule has 0 fully saturated rings. The Bertz CT molecular complexity index is 815. The van der Waals surface area contributed by atoms with Crippen LogP contribution in [-0.2, 0) is 6.42 Å². The first-order valence-corrected chi connectivity index (χ1v) is 8.12. The van der Waals surface area contributed by atoms with Gasteiger partial charge >= 0.3 is 0 Å². The van der Waals surface area contributed by atoms with E-state index in [2.05, 4.69) is 85.5 Å². The maximum Gasteiger partial charge on any atom is 0.0327 e. The van der Waals surface area contributed by atoms with Gasteiger partial charge in [0.15, 0.2) is 0 Å². The smallest absolute Gasteiger partial charge is 0.0327 e. The third kappa shape index (κ3) is 3.90. The van der Waals surface area contributed by atoms with Gasteiger partial charge in [-0.1, -0.05) is 85.8 Å². The lowest BCUT2D eigenvalue weighted by molar-refractivity contribution is 0.922. The predicted molar refractivity (Wildman–Crippen MR) is 98.3 cm³/mol. The van der Waals surface area contributed by atoms with Gasteiger partial charge in [-0.3, -0.25) is 0 Å². The second-order valence-electron chi connectivity index (χ2n) is 5.61. The summed E-state index contributed by atoms with van der Waals surface area (Å²) in [6.07, 6.45) is 2.31. The maximum absolute atomic E-state index is 3.33. The Morgan fingerprint density at radius 3 is 2.13 bits per heavy atom. The Kier molecular flexibility index (Phi) is 4.92. The van der Waals surface area contributed by atoms with Crippen LogP contribution in [0.15, 0.2) is 78.9 Å². The number of hydrogen-bond acceptors (Lipinski definition) is 0. The van der Waals surface area contributed by atoms with Gasteiger partial charge in [-0.05, 0) is 41.3 Å². The standard InChI is InChI=1S/C23H20/c1-2-8-19-13-15-20(16-14-19)17-18-22-11-6-7-12-23(22)21-9-4-3-5-10-21/h3-7,9-16H,2,8H2,1H3. The third-order valence-corrected chi connectivity index (χ3v) is 3.85. The maximum atomic E-state index is 3.33. The fourth-order valence-electron chi connectivity index (χ4n) is 2.64. The number of rotatable bonds is 3.